The van der Waals surface area contributed by atoms with E-state index >= 15 is 0 Å². The van der Waals surface area contributed by atoms with E-state index in [1.165, 1.54) is 0 Å². The fourth-order valence-electron chi connectivity index (χ4n) is 1.80. The van der Waals surface area contributed by atoms with Crippen molar-refractivity contribution in [3.8, 4) is 0 Å². The molecule has 1 atom stereocenters. The van der Waals surface area contributed by atoms with Crippen molar-refractivity contribution in [2.24, 2.45) is 0 Å². The zero-order valence-electron chi connectivity index (χ0n) is 10.6. The largest absolute Gasteiger partial charge is 0.343 e. The van der Waals surface area contributed by atoms with Crippen molar-refractivity contribution in [1.82, 2.24) is 10.3 Å². The van der Waals surface area contributed by atoms with E-state index in [4.69, 9.17) is 0 Å². The molecule has 19 heavy (non-hydrogen) atoms. The Morgan fingerprint density at radius 2 is 1.95 bits per heavy atom. The monoisotopic (exact) mass is 318 g/mol. The van der Waals surface area contributed by atoms with Gasteiger partial charge in [-0.1, -0.05) is 52.3 Å². The number of pyridine rings is 1. The van der Waals surface area contributed by atoms with Gasteiger partial charge < -0.3 is 5.32 Å². The summed E-state index contributed by atoms with van der Waals surface area (Å²) in [7, 11) is 0. The minimum atomic E-state index is -0.156. The summed E-state index contributed by atoms with van der Waals surface area (Å²) < 4.78 is 0. The molecule has 0 radical (unpaired) electrons. The summed E-state index contributed by atoms with van der Waals surface area (Å²) in [5.41, 5.74) is 2.35. The van der Waals surface area contributed by atoms with Gasteiger partial charge in [-0.15, -0.1) is 0 Å². The van der Waals surface area contributed by atoms with E-state index in [9.17, 15) is 4.79 Å². The molecule has 0 fully saturated rings. The second-order valence-corrected chi connectivity index (χ2v) is 4.90. The van der Waals surface area contributed by atoms with E-state index in [0.29, 0.717) is 11.0 Å². The lowest BCUT2D eigenvalue weighted by Crippen LogP contribution is -2.30. The van der Waals surface area contributed by atoms with Gasteiger partial charge in [-0.2, -0.15) is 0 Å². The van der Waals surface area contributed by atoms with E-state index in [-0.39, 0.29) is 11.9 Å². The summed E-state index contributed by atoms with van der Waals surface area (Å²) in [4.78, 5) is 16.4. The fourth-order valence-corrected chi connectivity index (χ4v) is 2.33. The van der Waals surface area contributed by atoms with Crippen LogP contribution in [0.2, 0.25) is 0 Å². The summed E-state index contributed by atoms with van der Waals surface area (Å²) in [6.07, 6.45) is 0. The number of aromatic nitrogens is 1. The first-order valence-electron chi connectivity index (χ1n) is 6.06. The highest BCUT2D eigenvalue weighted by Crippen LogP contribution is 2.15. The molecular formula is C15H15BrN2O. The molecule has 98 valence electrons. The fraction of sp³-hybridized carbons (Fsp3) is 0.200. The Bertz CT molecular complexity index is 557. The molecule has 2 aromatic rings. The Morgan fingerprint density at radius 1 is 1.21 bits per heavy atom. The minimum absolute atomic E-state index is 0.0592. The number of hydrogen-bond donors (Lipinski definition) is 1. The van der Waals surface area contributed by atoms with Crippen LogP contribution in [0.3, 0.4) is 0 Å². The third-order valence-corrected chi connectivity index (χ3v) is 3.43. The van der Waals surface area contributed by atoms with Crippen LogP contribution in [0.1, 0.15) is 27.8 Å². The third-order valence-electron chi connectivity index (χ3n) is 2.78. The lowest BCUT2D eigenvalue weighted by molar-refractivity contribution is 0.0935. The average molecular weight is 319 g/mol. The van der Waals surface area contributed by atoms with Crippen molar-refractivity contribution in [3.05, 3.63) is 65.5 Å². The van der Waals surface area contributed by atoms with Crippen LogP contribution in [-0.4, -0.2) is 16.2 Å². The van der Waals surface area contributed by atoms with Crippen molar-refractivity contribution in [2.75, 3.05) is 5.33 Å². The summed E-state index contributed by atoms with van der Waals surface area (Å²) in [6, 6.07) is 15.2. The van der Waals surface area contributed by atoms with Crippen molar-refractivity contribution in [3.63, 3.8) is 0 Å². The van der Waals surface area contributed by atoms with Gasteiger partial charge in [0.1, 0.15) is 5.69 Å². The molecule has 0 aliphatic rings. The molecule has 1 N–H and O–H groups in total. The van der Waals surface area contributed by atoms with Crippen molar-refractivity contribution < 1.29 is 4.79 Å². The molecule has 1 aromatic heterocycles. The molecular weight excluding hydrogens is 304 g/mol. The molecule has 1 aromatic carbocycles. The highest BCUT2D eigenvalue weighted by Gasteiger charge is 2.15. The average Bonchev–Trinajstić information content (AvgIpc) is 2.45. The number of rotatable bonds is 4. The molecule has 1 unspecified atom stereocenters. The Morgan fingerprint density at radius 3 is 2.58 bits per heavy atom. The summed E-state index contributed by atoms with van der Waals surface area (Å²) in [5, 5.41) is 3.64. The van der Waals surface area contributed by atoms with Gasteiger partial charge in [0.15, 0.2) is 0 Å². The van der Waals surface area contributed by atoms with Gasteiger partial charge in [-0.25, -0.2) is 4.98 Å². The van der Waals surface area contributed by atoms with Gasteiger partial charge in [0, 0.05) is 11.0 Å². The standard InChI is InChI=1S/C15H15BrN2O/c1-11-6-5-9-13(17-11)15(19)18-14(10-16)12-7-3-2-4-8-12/h2-9,14H,10H2,1H3,(H,18,19). The molecule has 0 bridgehead atoms. The van der Waals surface area contributed by atoms with Crippen molar-refractivity contribution in [2.45, 2.75) is 13.0 Å². The quantitative estimate of drug-likeness (QED) is 0.879. The highest BCUT2D eigenvalue weighted by molar-refractivity contribution is 9.09. The maximum Gasteiger partial charge on any atom is 0.270 e. The highest BCUT2D eigenvalue weighted by atomic mass is 79.9. The Labute approximate surface area is 121 Å². The zero-order chi connectivity index (χ0) is 13.7. The van der Waals surface area contributed by atoms with Crippen LogP contribution in [0.25, 0.3) is 0 Å². The van der Waals surface area contributed by atoms with Gasteiger partial charge in [-0.3, -0.25) is 4.79 Å². The number of benzene rings is 1. The topological polar surface area (TPSA) is 42.0 Å². The van der Waals surface area contributed by atoms with Crippen LogP contribution in [0.4, 0.5) is 0 Å². The Balaban J connectivity index is 2.13. The summed E-state index contributed by atoms with van der Waals surface area (Å²) in [6.45, 7) is 1.87. The molecule has 0 aliphatic carbocycles. The maximum absolute atomic E-state index is 12.1. The predicted octanol–water partition coefficient (Wildman–Crippen LogP) is 3.26. The SMILES string of the molecule is Cc1cccc(C(=O)NC(CBr)c2ccccc2)n1. The van der Waals surface area contributed by atoms with E-state index in [1.54, 1.807) is 6.07 Å². The second-order valence-electron chi connectivity index (χ2n) is 4.26. The van der Waals surface area contributed by atoms with E-state index in [0.717, 1.165) is 11.3 Å². The zero-order valence-corrected chi connectivity index (χ0v) is 12.2. The normalized spacial score (nSPS) is 11.9. The van der Waals surface area contributed by atoms with E-state index < -0.39 is 0 Å². The van der Waals surface area contributed by atoms with Crippen LogP contribution in [0.15, 0.2) is 48.5 Å². The molecule has 0 aliphatic heterocycles. The van der Waals surface area contributed by atoms with Gasteiger partial charge in [0.2, 0.25) is 0 Å². The number of amides is 1. The number of carbonyl (C=O) groups is 1. The molecule has 3 nitrogen and oxygen atoms in total. The molecule has 0 saturated carbocycles. The Hall–Kier alpha value is -1.68. The predicted molar refractivity (Wildman–Crippen MR) is 79.4 cm³/mol. The number of nitrogens with one attached hydrogen (secondary N) is 1. The lowest BCUT2D eigenvalue weighted by atomic mass is 10.1. The minimum Gasteiger partial charge on any atom is -0.343 e. The maximum atomic E-state index is 12.1. The smallest absolute Gasteiger partial charge is 0.270 e. The number of hydrogen-bond acceptors (Lipinski definition) is 2. The van der Waals surface area contributed by atoms with Gasteiger partial charge in [0.25, 0.3) is 5.91 Å². The first kappa shape index (κ1) is 13.7. The molecule has 4 heteroatoms. The molecule has 0 spiro atoms. The number of aryl methyl sites for hydroxylation is 1. The van der Waals surface area contributed by atoms with Gasteiger partial charge in [0.05, 0.1) is 6.04 Å². The van der Waals surface area contributed by atoms with Crippen LogP contribution in [0, 0.1) is 6.92 Å². The van der Waals surface area contributed by atoms with Crippen LogP contribution >= 0.6 is 15.9 Å². The summed E-state index contributed by atoms with van der Waals surface area (Å²) >= 11 is 3.43. The van der Waals surface area contributed by atoms with E-state index in [1.807, 2.05) is 49.4 Å². The molecule has 1 heterocycles. The summed E-state index contributed by atoms with van der Waals surface area (Å²) in [5.74, 6) is -0.156. The number of halogens is 1. The van der Waals surface area contributed by atoms with Crippen LogP contribution in [0.5, 0.6) is 0 Å². The van der Waals surface area contributed by atoms with Gasteiger partial charge >= 0.3 is 0 Å². The number of nitrogens with zero attached hydrogens (tertiary/aromatic N) is 1. The van der Waals surface area contributed by atoms with Crippen molar-refractivity contribution in [1.29, 1.82) is 0 Å². The number of alkyl halides is 1. The van der Waals surface area contributed by atoms with Crippen LogP contribution in [-0.2, 0) is 0 Å². The first-order chi connectivity index (χ1) is 9.20. The Kier molecular flexibility index (Phi) is 4.68. The van der Waals surface area contributed by atoms with Gasteiger partial charge in [-0.05, 0) is 24.6 Å². The van der Waals surface area contributed by atoms with E-state index in [2.05, 4.69) is 26.2 Å². The second kappa shape index (κ2) is 6.48. The van der Waals surface area contributed by atoms with Crippen molar-refractivity contribution >= 4 is 21.8 Å². The molecule has 0 saturated heterocycles. The van der Waals surface area contributed by atoms with Crippen LogP contribution < -0.4 is 5.32 Å². The first-order valence-corrected chi connectivity index (χ1v) is 7.18. The molecule has 1 amide bonds. The molecule has 2 rings (SSSR count). The third kappa shape index (κ3) is 3.64. The lowest BCUT2D eigenvalue weighted by Gasteiger charge is -2.16. The number of carbonyl (C=O) groups excluding carboxylic acids is 1.